The van der Waals surface area contributed by atoms with E-state index in [1.165, 1.54) is 70.0 Å². The summed E-state index contributed by atoms with van der Waals surface area (Å²) in [6.07, 6.45) is -0.393. The molecule has 2 aliphatic carbocycles. The molecule has 9 aliphatic rings. The first-order valence-corrected chi connectivity index (χ1v) is 48.1. The molecule has 802 valence electrons. The molecule has 6 aromatic rings. The van der Waals surface area contributed by atoms with E-state index < -0.39 is 129 Å². The quantitative estimate of drug-likeness (QED) is 0.0408. The van der Waals surface area contributed by atoms with Gasteiger partial charge in [0, 0.05) is 142 Å². The summed E-state index contributed by atoms with van der Waals surface area (Å²) in [4.78, 5) is 114. The molecular formula is C104H135Cl5F12N10O13-4. The van der Waals surface area contributed by atoms with Gasteiger partial charge >= 0.3 is 35.9 Å². The van der Waals surface area contributed by atoms with Gasteiger partial charge in [0.15, 0.2) is 0 Å². The standard InChI is InChI=1S/C32H41ClF2N4O3.2C18H25ClN2O2.2C15H19F2NO2.C4F6O2.2CH3.2ClH/c1-18-25(33)15-22-27(36-18)32(42-28(22)31(6,7)37-19(2)40)10-12-38(13-11-32)29(41)24-17-39(30(3,4)5)16-23(24)21-9-8-20(34)14-26(21)35;2*1-11-14(19)10-13-15(20-11)18(8-6-5-7-9-18)23-16(13)17(3,4)21-12(2)22;2*1-15(2,3)18-7-11(12(8-18)14(19)20)10-5-4-9(16)6-13(10)17;5-3(6,7)1(11)2(12)4(8,9)10;;;;/h8-9,14-15,23-24,28H,10-13,16-17H2,1-7H3,(H,37,40);2*10,16H,5-9H2,1-4H3,(H,21,22);2*4-6,11-12H,7-8H2,1-3H3,(H,19,20);;2*1H3;2*1H/q;;;;;;2*-1;;/p-2/t23-,24?,28-;2*16-;2*11-,12+;;;;;/m01000...../s1. The van der Waals surface area contributed by atoms with Crippen LogP contribution in [0.15, 0.2) is 72.8 Å². The van der Waals surface area contributed by atoms with Gasteiger partial charge in [-0.25, -0.2) is 26.3 Å². The number of likely N-dealkylation sites (tertiary alicyclic amines) is 4. The number of Topliss-reactive ketones (excluding diaryl/α,β-unsaturated/α-hetero) is 2. The van der Waals surface area contributed by atoms with Crippen molar-refractivity contribution in [3.63, 3.8) is 0 Å². The number of carbonyl (C=O) groups is 8. The maximum atomic E-state index is 15.0. The minimum atomic E-state index is -5.77. The third kappa shape index (κ3) is 28.6. The Morgan fingerprint density at radius 1 is 0.375 bits per heavy atom. The number of hydrogen-bond donors (Lipinski definition) is 5. The number of pyridine rings is 3. The first-order chi connectivity index (χ1) is 64.5. The molecule has 4 amide bonds. The van der Waals surface area contributed by atoms with Gasteiger partial charge in [-0.1, -0.05) is 91.5 Å². The first-order valence-electron chi connectivity index (χ1n) is 47.0. The van der Waals surface area contributed by atoms with Crippen LogP contribution >= 0.6 is 34.8 Å². The molecular weight excluding hydrogens is 2000 g/mol. The molecule has 144 heavy (non-hydrogen) atoms. The van der Waals surface area contributed by atoms with Crippen LogP contribution in [0.3, 0.4) is 0 Å². The van der Waals surface area contributed by atoms with Gasteiger partial charge in [-0.3, -0.25) is 68.0 Å². The van der Waals surface area contributed by atoms with Crippen molar-refractivity contribution in [3.8, 4) is 0 Å². The zero-order valence-corrected chi connectivity index (χ0v) is 89.5. The van der Waals surface area contributed by atoms with Gasteiger partial charge in [0.2, 0.25) is 23.6 Å². The summed E-state index contributed by atoms with van der Waals surface area (Å²) in [5, 5.41) is 29.6. The number of aromatic nitrogens is 3. The normalized spacial score (nSPS) is 22.1. The fourth-order valence-corrected chi connectivity index (χ4v) is 21.2. The number of piperidine rings is 1. The molecule has 6 fully saturated rings. The number of aliphatic carboxylic acids is 2. The van der Waals surface area contributed by atoms with Gasteiger partial charge < -0.3 is 84.9 Å². The third-order valence-corrected chi connectivity index (χ3v) is 29.1. The number of nitrogens with one attached hydrogen (secondary N) is 3. The summed E-state index contributed by atoms with van der Waals surface area (Å²) in [5.74, 6) is -16.0. The number of carbonyl (C=O) groups excluding carboxylic acids is 6. The highest BCUT2D eigenvalue weighted by molar-refractivity contribution is 6.41. The summed E-state index contributed by atoms with van der Waals surface area (Å²) in [5.41, 5.74) is 5.44. The number of rotatable bonds is 13. The van der Waals surface area contributed by atoms with Gasteiger partial charge in [0.05, 0.1) is 83.6 Å². The summed E-state index contributed by atoms with van der Waals surface area (Å²) in [6, 6.07) is 16.2. The number of hydrogen-bond acceptors (Lipinski definition) is 17. The number of halogens is 17. The van der Waals surface area contributed by atoms with Gasteiger partial charge in [0.25, 0.3) is 0 Å². The predicted molar refractivity (Wildman–Crippen MR) is 516 cm³/mol. The lowest BCUT2D eigenvalue weighted by atomic mass is 9.81. The zero-order valence-electron chi connectivity index (χ0n) is 85.7. The molecule has 15 rings (SSSR count). The number of carboxylic acids is 2. The number of nitrogens with zero attached hydrogens (tertiary/aromatic N) is 7. The van der Waals surface area contributed by atoms with Gasteiger partial charge in [0.1, 0.15) is 70.0 Å². The number of aryl methyl sites for hydroxylation is 3. The lowest BCUT2D eigenvalue weighted by Gasteiger charge is -2.42. The van der Waals surface area contributed by atoms with Crippen LogP contribution in [0.4, 0.5) is 52.7 Å². The number of fused-ring (bicyclic) bond motifs is 6. The number of ether oxygens (including phenoxy) is 3. The van der Waals surface area contributed by atoms with E-state index in [2.05, 4.69) is 41.6 Å². The Kier molecular flexibility index (Phi) is 41.1. The lowest BCUT2D eigenvalue weighted by Crippen LogP contribution is -3.00. The van der Waals surface area contributed by atoms with Crippen molar-refractivity contribution in [3.05, 3.63) is 205 Å². The molecule has 1 unspecified atom stereocenters. The Balaban J connectivity index is 0.000000274. The minimum absolute atomic E-state index is 0. The van der Waals surface area contributed by atoms with Gasteiger partial charge in [-0.2, -0.15) is 26.3 Å². The molecule has 3 aromatic heterocycles. The van der Waals surface area contributed by atoms with Crippen LogP contribution in [-0.2, 0) is 69.4 Å². The summed E-state index contributed by atoms with van der Waals surface area (Å²) >= 11 is 19.2. The van der Waals surface area contributed by atoms with Crippen LogP contribution in [0.2, 0.25) is 15.1 Å². The van der Waals surface area contributed by atoms with Crippen LogP contribution in [0.5, 0.6) is 0 Å². The zero-order chi connectivity index (χ0) is 105. The topological polar surface area (TPSA) is 292 Å². The predicted octanol–water partition coefficient (Wildman–Crippen LogP) is 15.9. The molecule has 10 heterocycles. The highest BCUT2D eigenvalue weighted by Gasteiger charge is 2.59. The van der Waals surface area contributed by atoms with Crippen molar-refractivity contribution < 1.29 is 140 Å². The van der Waals surface area contributed by atoms with Gasteiger partial charge in [-0.05, 0) is 216 Å². The highest BCUT2D eigenvalue weighted by Crippen LogP contribution is 2.58. The van der Waals surface area contributed by atoms with Crippen molar-refractivity contribution in [2.45, 2.75) is 321 Å². The van der Waals surface area contributed by atoms with E-state index in [9.17, 15) is 101 Å². The molecule has 9 atom stereocenters. The summed E-state index contributed by atoms with van der Waals surface area (Å²) in [6.45, 7) is 43.9. The average Bonchev–Trinajstić information content (AvgIpc) is 1.61. The molecule has 5 N–H and O–H groups in total. The molecule has 3 spiro atoms. The first kappa shape index (κ1) is 124. The largest absolute Gasteiger partial charge is 1.00 e. The molecule has 2 saturated carbocycles. The van der Waals surface area contributed by atoms with E-state index in [4.69, 9.17) is 64.0 Å². The molecule has 40 heteroatoms. The van der Waals surface area contributed by atoms with E-state index in [-0.39, 0.29) is 120 Å². The van der Waals surface area contributed by atoms with Crippen molar-refractivity contribution in [2.75, 3.05) is 52.4 Å². The van der Waals surface area contributed by atoms with Crippen molar-refractivity contribution in [2.24, 2.45) is 17.8 Å². The smallest absolute Gasteiger partial charge is 0.458 e. The third-order valence-electron chi connectivity index (χ3n) is 27.9. The van der Waals surface area contributed by atoms with Crippen LogP contribution in [0, 0.1) is 88.3 Å². The molecule has 0 radical (unpaired) electrons. The molecule has 0 bridgehead atoms. The molecule has 4 saturated heterocycles. The number of benzene rings is 3. The fourth-order valence-electron chi connectivity index (χ4n) is 20.7. The van der Waals surface area contributed by atoms with Crippen LogP contribution in [0.25, 0.3) is 0 Å². The Labute approximate surface area is 863 Å². The average molecular weight is 2140 g/mol. The van der Waals surface area contributed by atoms with E-state index >= 15 is 0 Å². The van der Waals surface area contributed by atoms with Crippen molar-refractivity contribution in [1.82, 2.24) is 50.5 Å². The Morgan fingerprint density at radius 2 is 0.618 bits per heavy atom. The maximum Gasteiger partial charge on any atom is 0.458 e. The SMILES string of the molecule is CC(=O)NC(C)(C)[C@@H]1OC2(CCCCC2)c2nc(C)c(Cl)cc21.CC(=O)NC(C)(C)[C@H]1OC2(CCCCC2)c2nc(C)c(Cl)cc21.CC(=O)NC(C)(C)[C@H]1OC2(CCN(C(=O)C3CN(C(C)(C)C)C[C@H]3c3ccc(F)cc3F)CC2)c2nc(C)c(Cl)cc21.CC(C)(C)N1C[C@@H](C(=O)O)[C@H](c2ccc(F)cc2F)C1.CC(C)(C)N1C[C@@H](C(=O)O)[C@H](c2ccc(F)cc2F)C1.O=C(C(=O)C(F)(F)F)C(F)(F)F.[CH3-].[CH3-].[Cl-].[Cl-]. The summed E-state index contributed by atoms with van der Waals surface area (Å²) < 4.78 is 169. The van der Waals surface area contributed by atoms with E-state index in [0.29, 0.717) is 91.5 Å². The number of ketones is 2. The fraction of sp³-hybridized carbons (Fsp3) is 0.587. The minimum Gasteiger partial charge on any atom is -1.00 e. The Morgan fingerprint density at radius 3 is 0.847 bits per heavy atom. The van der Waals surface area contributed by atoms with E-state index in [0.717, 1.165) is 115 Å². The van der Waals surface area contributed by atoms with Crippen molar-refractivity contribution in [1.29, 1.82) is 0 Å². The Hall–Kier alpha value is -8.36. The van der Waals surface area contributed by atoms with E-state index in [1.54, 1.807) is 0 Å². The second kappa shape index (κ2) is 47.7. The maximum absolute atomic E-state index is 15.0. The number of alkyl halides is 6. The number of carboxylic acid groups (broad SMARTS) is 2. The number of amides is 4. The lowest BCUT2D eigenvalue weighted by molar-refractivity contribution is -0.193. The molecule has 7 aliphatic heterocycles. The molecule has 3 aromatic carbocycles. The molecule has 23 nitrogen and oxygen atoms in total. The highest BCUT2D eigenvalue weighted by atomic mass is 35.5. The Bertz CT molecular complexity index is 5390. The second-order valence-corrected chi connectivity index (χ2v) is 44.0. The summed E-state index contributed by atoms with van der Waals surface area (Å²) in [7, 11) is 0. The monoisotopic (exact) mass is 2130 g/mol. The van der Waals surface area contributed by atoms with Crippen molar-refractivity contribution >= 4 is 81.9 Å². The van der Waals surface area contributed by atoms with Crippen LogP contribution in [-0.4, -0.2) is 190 Å². The van der Waals surface area contributed by atoms with E-state index in [1.807, 2.05) is 137 Å². The van der Waals surface area contributed by atoms with Crippen LogP contribution in [0.1, 0.15) is 305 Å². The second-order valence-electron chi connectivity index (χ2n) is 42.8. The van der Waals surface area contributed by atoms with Crippen LogP contribution < -0.4 is 40.8 Å². The van der Waals surface area contributed by atoms with Gasteiger partial charge in [-0.15, -0.1) is 0 Å².